The lowest BCUT2D eigenvalue weighted by atomic mass is 10.1. The maximum atomic E-state index is 12.0. The molecule has 0 aliphatic rings. The minimum absolute atomic E-state index is 0.268. The molecule has 1 aromatic carbocycles. The molecule has 0 saturated carbocycles. The second kappa shape index (κ2) is 7.09. The molecule has 6 nitrogen and oxygen atoms in total. The first-order valence-corrected chi connectivity index (χ1v) is 7.13. The molecular formula is C15H17ClN4O2. The summed E-state index contributed by atoms with van der Waals surface area (Å²) in [6.07, 6.45) is 1.56. The van der Waals surface area contributed by atoms with Crippen molar-refractivity contribution in [2.75, 3.05) is 20.7 Å². The van der Waals surface area contributed by atoms with Crippen LogP contribution in [0.25, 0.3) is 11.3 Å². The van der Waals surface area contributed by atoms with E-state index in [4.69, 9.17) is 16.3 Å². The summed E-state index contributed by atoms with van der Waals surface area (Å²) in [5.41, 5.74) is 1.73. The van der Waals surface area contributed by atoms with Gasteiger partial charge >= 0.3 is 5.97 Å². The maximum absolute atomic E-state index is 12.0. The molecule has 0 spiro atoms. The van der Waals surface area contributed by atoms with Crippen LogP contribution in [0.4, 0.5) is 0 Å². The Hall–Kier alpha value is -2.34. The van der Waals surface area contributed by atoms with Crippen LogP contribution in [0.5, 0.6) is 0 Å². The fourth-order valence-electron chi connectivity index (χ4n) is 1.72. The summed E-state index contributed by atoms with van der Waals surface area (Å²) in [6, 6.07) is 8.85. The van der Waals surface area contributed by atoms with Gasteiger partial charge in [0.1, 0.15) is 6.34 Å². The van der Waals surface area contributed by atoms with Crippen LogP contribution < -0.4 is 0 Å². The van der Waals surface area contributed by atoms with Crippen LogP contribution in [0.3, 0.4) is 0 Å². The number of hydrogen-bond acceptors (Lipinski definition) is 4. The largest absolute Gasteiger partial charge is 0.461 e. The highest BCUT2D eigenvalue weighted by Crippen LogP contribution is 2.21. The quantitative estimate of drug-likeness (QED) is 0.483. The van der Waals surface area contributed by atoms with Crippen LogP contribution in [-0.2, 0) is 4.74 Å². The number of carbonyl (C=O) groups is 1. The summed E-state index contributed by atoms with van der Waals surface area (Å²) in [5, 5.41) is 9.12. The van der Waals surface area contributed by atoms with Gasteiger partial charge in [-0.15, -0.1) is 15.0 Å². The Morgan fingerprint density at radius 2 is 2.09 bits per heavy atom. The molecule has 7 heteroatoms. The van der Waals surface area contributed by atoms with E-state index in [1.807, 2.05) is 26.2 Å². The fourth-order valence-corrected chi connectivity index (χ4v) is 1.85. The Bertz CT molecular complexity index is 677. The monoisotopic (exact) mass is 320 g/mol. The van der Waals surface area contributed by atoms with E-state index in [1.54, 1.807) is 36.4 Å². The average molecular weight is 321 g/mol. The smallest absolute Gasteiger partial charge is 0.358 e. The van der Waals surface area contributed by atoms with Gasteiger partial charge in [-0.1, -0.05) is 23.7 Å². The average Bonchev–Trinajstić information content (AvgIpc) is 2.90. The van der Waals surface area contributed by atoms with Crippen molar-refractivity contribution in [1.29, 1.82) is 0 Å². The Morgan fingerprint density at radius 3 is 2.68 bits per heavy atom. The van der Waals surface area contributed by atoms with E-state index in [0.29, 0.717) is 10.7 Å². The molecular weight excluding hydrogens is 304 g/mol. The molecule has 0 bridgehead atoms. The summed E-state index contributed by atoms with van der Waals surface area (Å²) in [6.45, 7) is 2.04. The number of ether oxygens (including phenoxy) is 1. The first-order valence-electron chi connectivity index (χ1n) is 6.75. The molecule has 116 valence electrons. The third-order valence-electron chi connectivity index (χ3n) is 2.71. The predicted octanol–water partition coefficient (Wildman–Crippen LogP) is 2.73. The highest BCUT2D eigenvalue weighted by atomic mass is 35.5. The van der Waals surface area contributed by atoms with Gasteiger partial charge in [0.25, 0.3) is 0 Å². The van der Waals surface area contributed by atoms with Crippen molar-refractivity contribution in [1.82, 2.24) is 14.8 Å². The van der Waals surface area contributed by atoms with Gasteiger partial charge in [-0.25, -0.2) is 4.79 Å². The third-order valence-corrected chi connectivity index (χ3v) is 2.96. The highest BCUT2D eigenvalue weighted by Gasteiger charge is 2.17. The minimum atomic E-state index is -0.467. The summed E-state index contributed by atoms with van der Waals surface area (Å²) in [4.78, 5) is 15.0. The second-order valence-electron chi connectivity index (χ2n) is 4.73. The van der Waals surface area contributed by atoms with Crippen LogP contribution in [-0.4, -0.2) is 47.8 Å². The van der Waals surface area contributed by atoms with E-state index >= 15 is 0 Å². The zero-order valence-electron chi connectivity index (χ0n) is 12.7. The zero-order chi connectivity index (χ0) is 16.1. The first-order chi connectivity index (χ1) is 10.5. The normalized spacial score (nSPS) is 10.9. The van der Waals surface area contributed by atoms with Crippen molar-refractivity contribution >= 4 is 23.9 Å². The Morgan fingerprint density at radius 1 is 1.41 bits per heavy atom. The number of esters is 1. The van der Waals surface area contributed by atoms with Gasteiger partial charge < -0.3 is 9.64 Å². The standard InChI is InChI=1S/C15H17ClN4O2/c1-4-22-15(21)14-9-13(11-5-7-12(16)8-6-11)18-20(14)17-10-19(2)3/h5-10H,4H2,1-3H3/b17-10+. The molecule has 1 heterocycles. The lowest BCUT2D eigenvalue weighted by Crippen LogP contribution is -2.13. The zero-order valence-corrected chi connectivity index (χ0v) is 13.4. The molecule has 0 unspecified atom stereocenters. The number of rotatable bonds is 5. The van der Waals surface area contributed by atoms with Crippen LogP contribution >= 0.6 is 11.6 Å². The SMILES string of the molecule is CCOC(=O)c1cc(-c2ccc(Cl)cc2)nn1/N=C/N(C)C. The number of halogens is 1. The van der Waals surface area contributed by atoms with Crippen LogP contribution in [0.1, 0.15) is 17.4 Å². The van der Waals surface area contributed by atoms with Gasteiger partial charge in [-0.3, -0.25) is 0 Å². The number of benzene rings is 1. The predicted molar refractivity (Wildman–Crippen MR) is 86.2 cm³/mol. The van der Waals surface area contributed by atoms with Crippen molar-refractivity contribution in [2.45, 2.75) is 6.92 Å². The maximum Gasteiger partial charge on any atom is 0.358 e. The summed E-state index contributed by atoms with van der Waals surface area (Å²) in [7, 11) is 3.66. The van der Waals surface area contributed by atoms with Crippen molar-refractivity contribution < 1.29 is 9.53 Å². The van der Waals surface area contributed by atoms with Gasteiger partial charge in [0.15, 0.2) is 5.69 Å². The molecule has 0 N–H and O–H groups in total. The van der Waals surface area contributed by atoms with Gasteiger partial charge in [-0.2, -0.15) is 0 Å². The molecule has 2 rings (SSSR count). The van der Waals surface area contributed by atoms with Gasteiger partial charge in [0, 0.05) is 30.7 Å². The van der Waals surface area contributed by atoms with E-state index in [-0.39, 0.29) is 12.3 Å². The topological polar surface area (TPSA) is 59.7 Å². The third kappa shape index (κ3) is 3.85. The Balaban J connectivity index is 2.42. The van der Waals surface area contributed by atoms with Crippen LogP contribution in [0, 0.1) is 0 Å². The lowest BCUT2D eigenvalue weighted by Gasteiger charge is -2.04. The number of aromatic nitrogens is 2. The van der Waals surface area contributed by atoms with E-state index < -0.39 is 5.97 Å². The van der Waals surface area contributed by atoms with E-state index in [1.165, 1.54) is 4.79 Å². The van der Waals surface area contributed by atoms with Crippen molar-refractivity contribution in [3.8, 4) is 11.3 Å². The molecule has 22 heavy (non-hydrogen) atoms. The summed E-state index contributed by atoms with van der Waals surface area (Å²) >= 11 is 5.88. The fraction of sp³-hybridized carbons (Fsp3) is 0.267. The van der Waals surface area contributed by atoms with E-state index in [9.17, 15) is 4.79 Å². The Labute approximate surface area is 133 Å². The van der Waals surface area contributed by atoms with Gasteiger partial charge in [0.2, 0.25) is 0 Å². The summed E-state index contributed by atoms with van der Waals surface area (Å²) in [5.74, 6) is -0.467. The highest BCUT2D eigenvalue weighted by molar-refractivity contribution is 6.30. The first kappa shape index (κ1) is 16.0. The minimum Gasteiger partial charge on any atom is -0.461 e. The number of carbonyl (C=O) groups excluding carboxylic acids is 1. The number of nitrogens with zero attached hydrogens (tertiary/aromatic N) is 4. The van der Waals surface area contributed by atoms with Crippen LogP contribution in [0.2, 0.25) is 5.02 Å². The van der Waals surface area contributed by atoms with Crippen LogP contribution in [0.15, 0.2) is 35.4 Å². The molecule has 0 atom stereocenters. The molecule has 0 saturated heterocycles. The van der Waals surface area contributed by atoms with E-state index in [2.05, 4.69) is 10.2 Å². The lowest BCUT2D eigenvalue weighted by molar-refractivity contribution is 0.0513. The van der Waals surface area contributed by atoms with Crippen molar-refractivity contribution in [3.63, 3.8) is 0 Å². The Kier molecular flexibility index (Phi) is 5.16. The van der Waals surface area contributed by atoms with Crippen molar-refractivity contribution in [3.05, 3.63) is 41.0 Å². The van der Waals surface area contributed by atoms with E-state index in [0.717, 1.165) is 5.56 Å². The molecule has 2 aromatic rings. The molecule has 0 amide bonds. The molecule has 0 radical (unpaired) electrons. The number of hydrogen-bond donors (Lipinski definition) is 0. The second-order valence-corrected chi connectivity index (χ2v) is 5.16. The molecule has 0 aliphatic heterocycles. The van der Waals surface area contributed by atoms with Crippen molar-refractivity contribution in [2.24, 2.45) is 5.10 Å². The van der Waals surface area contributed by atoms with Gasteiger partial charge in [0.05, 0.1) is 12.3 Å². The molecule has 1 aromatic heterocycles. The van der Waals surface area contributed by atoms with Gasteiger partial charge in [-0.05, 0) is 19.1 Å². The molecule has 0 aliphatic carbocycles. The molecule has 0 fully saturated rings. The summed E-state index contributed by atoms with van der Waals surface area (Å²) < 4.78 is 5.04.